The Kier molecular flexibility index (Phi) is 3.45. The van der Waals surface area contributed by atoms with E-state index < -0.39 is 18.1 Å². The summed E-state index contributed by atoms with van der Waals surface area (Å²) in [7, 11) is 0. The molecule has 104 valence electrons. The highest BCUT2D eigenvalue weighted by Crippen LogP contribution is 2.28. The van der Waals surface area contributed by atoms with Gasteiger partial charge in [-0.25, -0.2) is 14.8 Å². The molecule has 2 rings (SSSR count). The van der Waals surface area contributed by atoms with Crippen LogP contribution in [0.1, 0.15) is 18.7 Å². The molecule has 2 N–H and O–H groups in total. The van der Waals surface area contributed by atoms with Crippen LogP contribution in [0, 0.1) is 0 Å². The molecule has 0 radical (unpaired) electrons. The molecule has 1 heterocycles. The van der Waals surface area contributed by atoms with Crippen molar-refractivity contribution in [2.75, 3.05) is 0 Å². The fraction of sp³-hybridized carbons (Fsp3) is 0.500. The molecular weight excluding hydrogens is 267 g/mol. The smallest absolute Gasteiger partial charge is 0.451 e. The fourth-order valence-corrected chi connectivity index (χ4v) is 1.67. The molecule has 0 aliphatic heterocycles. The van der Waals surface area contributed by atoms with E-state index in [9.17, 15) is 18.0 Å². The van der Waals surface area contributed by atoms with Gasteiger partial charge in [-0.15, -0.1) is 0 Å². The third-order valence-electron chi connectivity index (χ3n) is 2.61. The van der Waals surface area contributed by atoms with Crippen molar-refractivity contribution >= 4 is 6.09 Å². The molecule has 9 heteroatoms. The summed E-state index contributed by atoms with van der Waals surface area (Å²) in [5.74, 6) is -1.09. The second kappa shape index (κ2) is 4.90. The zero-order valence-electron chi connectivity index (χ0n) is 9.52. The van der Waals surface area contributed by atoms with Gasteiger partial charge in [0.15, 0.2) is 5.75 Å². The van der Waals surface area contributed by atoms with Crippen LogP contribution in [0.15, 0.2) is 12.4 Å². The van der Waals surface area contributed by atoms with E-state index >= 15 is 0 Å². The van der Waals surface area contributed by atoms with Crippen molar-refractivity contribution in [3.63, 3.8) is 0 Å². The summed E-state index contributed by atoms with van der Waals surface area (Å²) in [5.41, 5.74) is 0. The summed E-state index contributed by atoms with van der Waals surface area (Å²) >= 11 is 0. The zero-order chi connectivity index (χ0) is 14.0. The third kappa shape index (κ3) is 3.46. The highest BCUT2D eigenvalue weighted by molar-refractivity contribution is 5.65. The first-order chi connectivity index (χ1) is 8.84. The minimum atomic E-state index is -4.58. The Morgan fingerprint density at radius 3 is 2.42 bits per heavy atom. The van der Waals surface area contributed by atoms with Crippen molar-refractivity contribution in [3.8, 4) is 5.75 Å². The molecule has 0 atom stereocenters. The van der Waals surface area contributed by atoms with E-state index in [0.29, 0.717) is 12.8 Å². The van der Waals surface area contributed by atoms with Gasteiger partial charge in [0.05, 0.1) is 12.4 Å². The van der Waals surface area contributed by atoms with Crippen LogP contribution < -0.4 is 10.1 Å². The molecule has 0 unspecified atom stereocenters. The number of halogens is 3. The predicted molar refractivity (Wildman–Crippen MR) is 55.6 cm³/mol. The van der Waals surface area contributed by atoms with E-state index in [1.807, 2.05) is 0 Å². The minimum absolute atomic E-state index is 0.131. The molecule has 0 saturated heterocycles. The number of nitrogens with zero attached hydrogens (tertiary/aromatic N) is 2. The molecule has 0 aromatic carbocycles. The molecule has 6 nitrogen and oxygen atoms in total. The summed E-state index contributed by atoms with van der Waals surface area (Å²) in [4.78, 5) is 16.6. The van der Waals surface area contributed by atoms with Gasteiger partial charge in [-0.2, -0.15) is 13.2 Å². The molecule has 1 amide bonds. The molecule has 1 aliphatic rings. The van der Waals surface area contributed by atoms with Crippen LogP contribution in [0.4, 0.5) is 18.0 Å². The Morgan fingerprint density at radius 1 is 1.37 bits per heavy atom. The summed E-state index contributed by atoms with van der Waals surface area (Å²) < 4.78 is 41.9. The van der Waals surface area contributed by atoms with Crippen LogP contribution in [0.5, 0.6) is 5.75 Å². The maximum absolute atomic E-state index is 12.2. The number of ether oxygens (including phenoxy) is 1. The molecular formula is C10H10F3N3O3. The van der Waals surface area contributed by atoms with Gasteiger partial charge in [0.1, 0.15) is 6.10 Å². The van der Waals surface area contributed by atoms with Crippen molar-refractivity contribution in [2.24, 2.45) is 0 Å². The molecule has 1 aromatic rings. The summed E-state index contributed by atoms with van der Waals surface area (Å²) in [6.07, 6.45) is -3.09. The Balaban J connectivity index is 1.84. The average Bonchev–Trinajstić information content (AvgIpc) is 2.25. The molecule has 1 aromatic heterocycles. The van der Waals surface area contributed by atoms with Gasteiger partial charge in [0.25, 0.3) is 0 Å². The second-order valence-electron chi connectivity index (χ2n) is 4.10. The number of nitrogens with one attached hydrogen (secondary N) is 1. The average molecular weight is 277 g/mol. The first-order valence-corrected chi connectivity index (χ1v) is 5.40. The quantitative estimate of drug-likeness (QED) is 0.878. The number of alkyl halides is 3. The van der Waals surface area contributed by atoms with Crippen molar-refractivity contribution in [1.29, 1.82) is 0 Å². The van der Waals surface area contributed by atoms with E-state index in [-0.39, 0.29) is 17.9 Å². The largest absolute Gasteiger partial charge is 0.487 e. The fourth-order valence-electron chi connectivity index (χ4n) is 1.67. The van der Waals surface area contributed by atoms with Gasteiger partial charge in [-0.05, 0) is 0 Å². The van der Waals surface area contributed by atoms with E-state index in [4.69, 9.17) is 9.84 Å². The minimum Gasteiger partial charge on any atom is -0.487 e. The molecule has 1 fully saturated rings. The van der Waals surface area contributed by atoms with E-state index in [1.54, 1.807) is 0 Å². The highest BCUT2D eigenvalue weighted by atomic mass is 19.4. The molecule has 0 spiro atoms. The lowest BCUT2D eigenvalue weighted by Crippen LogP contribution is -2.48. The number of carboxylic acid groups (broad SMARTS) is 1. The third-order valence-corrected chi connectivity index (χ3v) is 2.61. The Labute approximate surface area is 105 Å². The molecule has 1 saturated carbocycles. The lowest BCUT2D eigenvalue weighted by atomic mass is 9.89. The molecule has 1 aliphatic carbocycles. The van der Waals surface area contributed by atoms with Gasteiger partial charge < -0.3 is 15.2 Å². The zero-order valence-corrected chi connectivity index (χ0v) is 9.52. The number of rotatable bonds is 3. The van der Waals surface area contributed by atoms with Crippen molar-refractivity contribution in [2.45, 2.75) is 31.2 Å². The molecule has 19 heavy (non-hydrogen) atoms. The van der Waals surface area contributed by atoms with Gasteiger partial charge in [0.2, 0.25) is 5.82 Å². The van der Waals surface area contributed by atoms with Gasteiger partial charge in [-0.1, -0.05) is 0 Å². The number of aromatic nitrogens is 2. The lowest BCUT2D eigenvalue weighted by Gasteiger charge is -2.34. The van der Waals surface area contributed by atoms with Gasteiger partial charge in [-0.3, -0.25) is 0 Å². The van der Waals surface area contributed by atoms with E-state index in [0.717, 1.165) is 12.4 Å². The SMILES string of the molecule is O=C(O)N[C@H]1C[C@H](Oc2cnc(C(F)(F)F)nc2)C1. The van der Waals surface area contributed by atoms with E-state index in [2.05, 4.69) is 15.3 Å². The number of amides is 1. The number of hydrogen-bond acceptors (Lipinski definition) is 4. The predicted octanol–water partition coefficient (Wildman–Crippen LogP) is 1.67. The van der Waals surface area contributed by atoms with Crippen molar-refractivity contribution < 1.29 is 27.8 Å². The maximum atomic E-state index is 12.2. The van der Waals surface area contributed by atoms with Gasteiger partial charge in [0, 0.05) is 18.9 Å². The standard InChI is InChI=1S/C10H10F3N3O3/c11-10(12,13)8-14-3-7(4-15-8)19-6-1-5(2-6)16-9(17)18/h3-6,16H,1-2H2,(H,17,18)/t5-,6-. The highest BCUT2D eigenvalue weighted by Gasteiger charge is 2.35. The second-order valence-corrected chi connectivity index (χ2v) is 4.10. The van der Waals surface area contributed by atoms with Crippen LogP contribution in [0.3, 0.4) is 0 Å². The monoisotopic (exact) mass is 277 g/mol. The van der Waals surface area contributed by atoms with Crippen LogP contribution in [-0.2, 0) is 6.18 Å². The lowest BCUT2D eigenvalue weighted by molar-refractivity contribution is -0.145. The number of carbonyl (C=O) groups is 1. The Bertz CT molecular complexity index is 457. The van der Waals surface area contributed by atoms with Crippen LogP contribution in [-0.4, -0.2) is 33.3 Å². The van der Waals surface area contributed by atoms with Crippen LogP contribution >= 0.6 is 0 Å². The van der Waals surface area contributed by atoms with Crippen LogP contribution in [0.25, 0.3) is 0 Å². The van der Waals surface area contributed by atoms with Crippen molar-refractivity contribution in [3.05, 3.63) is 18.2 Å². The first-order valence-electron chi connectivity index (χ1n) is 5.40. The summed E-state index contributed by atoms with van der Waals surface area (Å²) in [5, 5.41) is 10.7. The van der Waals surface area contributed by atoms with E-state index in [1.165, 1.54) is 0 Å². The Hall–Kier alpha value is -2.06. The van der Waals surface area contributed by atoms with Crippen molar-refractivity contribution in [1.82, 2.24) is 15.3 Å². The first kappa shape index (κ1) is 13.4. The van der Waals surface area contributed by atoms with Crippen LogP contribution in [0.2, 0.25) is 0 Å². The topological polar surface area (TPSA) is 84.3 Å². The molecule has 0 bridgehead atoms. The Morgan fingerprint density at radius 2 is 1.95 bits per heavy atom. The van der Waals surface area contributed by atoms with Gasteiger partial charge >= 0.3 is 12.3 Å². The summed E-state index contributed by atoms with van der Waals surface area (Å²) in [6, 6.07) is -0.183. The maximum Gasteiger partial charge on any atom is 0.451 e. The summed E-state index contributed by atoms with van der Waals surface area (Å²) in [6.45, 7) is 0. The normalized spacial score (nSPS) is 22.5. The number of hydrogen-bond donors (Lipinski definition) is 2.